The molecular weight excluding hydrogens is 774 g/mol. The molecule has 0 unspecified atom stereocenters. The molecule has 4 heterocycles. The number of nitrogens with zero attached hydrogens (tertiary/aromatic N) is 3. The first-order valence-electron chi connectivity index (χ1n) is 14.6. The summed E-state index contributed by atoms with van der Waals surface area (Å²) in [5, 5.41) is 1.71. The monoisotopic (exact) mass is 810 g/mol. The molecule has 4 aromatic heterocycles. The van der Waals surface area contributed by atoms with Crippen LogP contribution in [-0.2, 0) is 26.5 Å². The minimum absolute atomic E-state index is 0. The molecule has 43 heavy (non-hydrogen) atoms. The largest absolute Gasteiger partial charge is 0 e. The Balaban J connectivity index is 0.000000188. The zero-order valence-electron chi connectivity index (χ0n) is 24.7. The molecule has 1 fully saturated rings. The molecule has 0 saturated heterocycles. The summed E-state index contributed by atoms with van der Waals surface area (Å²) in [5.41, 5.74) is 5.98. The number of fused-ring (bicyclic) bond motifs is 3. The van der Waals surface area contributed by atoms with Crippen LogP contribution in [0.4, 0.5) is 4.39 Å². The van der Waals surface area contributed by atoms with Crippen molar-refractivity contribution in [2.75, 3.05) is 0 Å². The van der Waals surface area contributed by atoms with Crippen LogP contribution in [0.1, 0.15) is 31.2 Å². The van der Waals surface area contributed by atoms with Crippen LogP contribution in [0.25, 0.3) is 44.6 Å². The summed E-state index contributed by atoms with van der Waals surface area (Å²) in [5.74, 6) is 7.38. The van der Waals surface area contributed by atoms with Gasteiger partial charge in [0.2, 0.25) is 11.7 Å². The molecule has 1 saturated carbocycles. The molecule has 221 valence electrons. The third kappa shape index (κ3) is 7.31. The minimum atomic E-state index is -1.72. The maximum Gasteiger partial charge on any atom is 0 e. The molecule has 6 aromatic rings. The van der Waals surface area contributed by atoms with Crippen molar-refractivity contribution in [2.24, 2.45) is 5.92 Å². The first-order chi connectivity index (χ1) is 20.3. The van der Waals surface area contributed by atoms with Gasteiger partial charge in [-0.3, -0.25) is 0 Å². The molecule has 0 atom stereocenters. The topological polar surface area (TPSA) is 51.8 Å². The van der Waals surface area contributed by atoms with Gasteiger partial charge in [-0.1, -0.05) is 48.3 Å². The fraction of sp³-hybridized carbons (Fsp3) is 0.250. The van der Waals surface area contributed by atoms with Gasteiger partial charge in [-0.15, -0.1) is 18.2 Å². The predicted octanol–water partition coefficient (Wildman–Crippen LogP) is 8.81. The molecule has 4 nitrogen and oxygen atoms in total. The van der Waals surface area contributed by atoms with Crippen LogP contribution < -0.4 is 4.40 Å². The molecule has 0 aliphatic heterocycles. The van der Waals surface area contributed by atoms with Crippen LogP contribution in [0.2, 0.25) is 17.3 Å². The van der Waals surface area contributed by atoms with Crippen LogP contribution in [0, 0.1) is 24.0 Å². The molecule has 2 aromatic carbocycles. The van der Waals surface area contributed by atoms with Crippen molar-refractivity contribution in [3.05, 3.63) is 109 Å². The number of rotatable bonds is 5. The quantitative estimate of drug-likeness (QED) is 0.0994. The summed E-state index contributed by atoms with van der Waals surface area (Å²) in [7, 11) is 0. The first-order valence-corrected chi connectivity index (χ1v) is 22.0. The van der Waals surface area contributed by atoms with Gasteiger partial charge in [0.25, 0.3) is 0 Å². The summed E-state index contributed by atoms with van der Waals surface area (Å²) in [6.07, 6.45) is 10.3. The van der Waals surface area contributed by atoms with Crippen molar-refractivity contribution >= 4 is 39.7 Å². The molecular formula is C36H34FGeIrN3O-2. The van der Waals surface area contributed by atoms with Crippen LogP contribution >= 0.6 is 0 Å². The molecule has 7 heteroatoms. The van der Waals surface area contributed by atoms with Gasteiger partial charge < -0.3 is 9.40 Å². The maximum atomic E-state index is 13.4. The maximum absolute atomic E-state index is 13.4. The Hall–Kier alpha value is -3.19. The molecule has 7 rings (SSSR count). The van der Waals surface area contributed by atoms with Crippen LogP contribution in [0.15, 0.2) is 89.6 Å². The number of aromatic nitrogens is 3. The molecule has 1 aliphatic carbocycles. The summed E-state index contributed by atoms with van der Waals surface area (Å²) in [6, 6.07) is 29.8. The molecule has 1 aliphatic rings. The van der Waals surface area contributed by atoms with E-state index in [2.05, 4.69) is 68.6 Å². The summed E-state index contributed by atoms with van der Waals surface area (Å²) >= 11 is -1.72. The third-order valence-corrected chi connectivity index (χ3v) is 12.2. The van der Waals surface area contributed by atoms with Crippen molar-refractivity contribution in [3.8, 4) is 22.5 Å². The van der Waals surface area contributed by atoms with Gasteiger partial charge in [0.15, 0.2) is 0 Å². The molecule has 1 radical (unpaired) electrons. The van der Waals surface area contributed by atoms with E-state index in [1.54, 1.807) is 6.07 Å². The second kappa shape index (κ2) is 13.6. The SMILES string of the molecule is Fc1ccc2c(n1)oc1c(-c3cc(CC4CCCC4)ccn3)[c-]ccc12.[CH3][Ge]([CH3])([CH3])[c]1ccc(-c2[c-]cccc2)nc1.[Ir]. The van der Waals surface area contributed by atoms with E-state index < -0.39 is 19.2 Å². The van der Waals surface area contributed by atoms with Crippen molar-refractivity contribution in [3.63, 3.8) is 0 Å². The fourth-order valence-corrected chi connectivity index (χ4v) is 7.80. The Kier molecular flexibility index (Phi) is 9.90. The summed E-state index contributed by atoms with van der Waals surface area (Å²) in [4.78, 5) is 12.9. The number of furan rings is 1. The molecule has 0 bridgehead atoms. The average Bonchev–Trinajstić information content (AvgIpc) is 3.65. The molecule has 0 spiro atoms. The van der Waals surface area contributed by atoms with E-state index in [0.717, 1.165) is 45.6 Å². The number of hydrogen-bond donors (Lipinski definition) is 0. The van der Waals surface area contributed by atoms with Gasteiger partial charge in [-0.2, -0.15) is 9.37 Å². The normalized spacial score (nSPS) is 13.5. The average molecular weight is 809 g/mol. The molecule has 0 N–H and O–H groups in total. The Morgan fingerprint density at radius 3 is 2.44 bits per heavy atom. The number of halogens is 1. The Bertz CT molecular complexity index is 1810. The smallest absolute Gasteiger partial charge is 0 e. The second-order valence-electron chi connectivity index (χ2n) is 12.0. The number of hydrogen-bond acceptors (Lipinski definition) is 4. The Morgan fingerprint density at radius 2 is 1.72 bits per heavy atom. The van der Waals surface area contributed by atoms with E-state index in [9.17, 15) is 4.39 Å². The van der Waals surface area contributed by atoms with Crippen molar-refractivity contribution in [2.45, 2.75) is 49.4 Å². The zero-order chi connectivity index (χ0) is 29.1. The predicted molar refractivity (Wildman–Crippen MR) is 171 cm³/mol. The first kappa shape index (κ1) is 31.2. The van der Waals surface area contributed by atoms with E-state index in [-0.39, 0.29) is 20.1 Å². The van der Waals surface area contributed by atoms with Gasteiger partial charge in [-0.05, 0) is 36.2 Å². The zero-order valence-corrected chi connectivity index (χ0v) is 29.2. The van der Waals surface area contributed by atoms with Gasteiger partial charge in [0.1, 0.15) is 0 Å². The molecule has 0 amide bonds. The van der Waals surface area contributed by atoms with E-state index in [1.807, 2.05) is 48.8 Å². The third-order valence-electron chi connectivity index (χ3n) is 7.96. The van der Waals surface area contributed by atoms with Crippen LogP contribution in [0.5, 0.6) is 0 Å². The van der Waals surface area contributed by atoms with Crippen molar-refractivity contribution in [1.82, 2.24) is 15.0 Å². The van der Waals surface area contributed by atoms with Gasteiger partial charge in [-0.25, -0.2) is 0 Å². The summed E-state index contributed by atoms with van der Waals surface area (Å²) < 4.78 is 20.8. The van der Waals surface area contributed by atoms with Crippen LogP contribution in [-0.4, -0.2) is 28.2 Å². The van der Waals surface area contributed by atoms with E-state index >= 15 is 0 Å². The minimum Gasteiger partial charge on any atom is 0 e. The van der Waals surface area contributed by atoms with E-state index in [1.165, 1.54) is 41.7 Å². The standard InChI is InChI=1S/C22H18FN2O.C14H16GeN.Ir/c23-20-9-8-17-16-6-3-7-18(21(16)26-22(17)25-20)19-13-15(10-11-24-19)12-14-4-1-2-5-14;1-15(2,3)13-9-10-14(16-11-13)12-7-5-4-6-8-12;/h3,6,8-11,13-14H,1-2,4-5,12H2;4-7,9-11H,1-3H3;/q2*-1;. The number of benzene rings is 2. The van der Waals surface area contributed by atoms with Crippen molar-refractivity contribution < 1.29 is 28.9 Å². The van der Waals surface area contributed by atoms with Gasteiger partial charge >= 0.3 is 99.8 Å². The van der Waals surface area contributed by atoms with E-state index in [4.69, 9.17) is 4.42 Å². The fourth-order valence-electron chi connectivity index (χ4n) is 5.63. The Labute approximate surface area is 268 Å². The second-order valence-corrected chi connectivity index (χ2v) is 22.7. The van der Waals surface area contributed by atoms with Crippen molar-refractivity contribution in [1.29, 1.82) is 0 Å². The van der Waals surface area contributed by atoms with Gasteiger partial charge in [0, 0.05) is 31.7 Å². The number of pyridine rings is 3. The Morgan fingerprint density at radius 1 is 0.884 bits per heavy atom. The van der Waals surface area contributed by atoms with E-state index in [0.29, 0.717) is 11.3 Å². The van der Waals surface area contributed by atoms with Gasteiger partial charge in [0.05, 0.1) is 5.58 Å². The van der Waals surface area contributed by atoms with Crippen LogP contribution in [0.3, 0.4) is 0 Å². The summed E-state index contributed by atoms with van der Waals surface area (Å²) in [6.45, 7) is 0.